The van der Waals surface area contributed by atoms with Crippen LogP contribution in [0.4, 0.5) is 0 Å². The highest BCUT2D eigenvalue weighted by Gasteiger charge is 2.64. The Kier molecular flexibility index (Phi) is 7.16. The number of hydrogen-bond donors (Lipinski definition) is 2. The van der Waals surface area contributed by atoms with Crippen molar-refractivity contribution in [3.05, 3.63) is 68.5 Å². The van der Waals surface area contributed by atoms with E-state index in [9.17, 15) is 14.7 Å². The van der Waals surface area contributed by atoms with Crippen LogP contribution in [0.25, 0.3) is 0 Å². The molecule has 1 aliphatic heterocycles. The zero-order valence-electron chi connectivity index (χ0n) is 19.2. The molecule has 2 aliphatic rings. The van der Waals surface area contributed by atoms with Crippen molar-refractivity contribution in [3.63, 3.8) is 0 Å². The van der Waals surface area contributed by atoms with Crippen molar-refractivity contribution in [1.82, 2.24) is 9.55 Å². The quantitative estimate of drug-likeness (QED) is 0.607. The summed E-state index contributed by atoms with van der Waals surface area (Å²) in [5.74, 6) is -0.0203. The second kappa shape index (κ2) is 9.90. The van der Waals surface area contributed by atoms with E-state index in [1.54, 1.807) is 14.0 Å². The zero-order chi connectivity index (χ0) is 23.6. The molecule has 1 saturated heterocycles. The van der Waals surface area contributed by atoms with Gasteiger partial charge in [0.2, 0.25) is 0 Å². The van der Waals surface area contributed by atoms with E-state index >= 15 is 0 Å². The van der Waals surface area contributed by atoms with E-state index in [1.807, 2.05) is 30.3 Å². The number of aromatic amines is 1. The number of aliphatic hydroxyl groups excluding tert-OH is 1. The van der Waals surface area contributed by atoms with Crippen LogP contribution in [-0.4, -0.2) is 52.5 Å². The highest BCUT2D eigenvalue weighted by Crippen LogP contribution is 2.51. The molecule has 9 nitrogen and oxygen atoms in total. The molecule has 2 heterocycles. The normalized spacial score (nSPS) is 31.8. The molecule has 2 fully saturated rings. The van der Waals surface area contributed by atoms with E-state index in [2.05, 4.69) is 11.9 Å². The topological polar surface area (TPSA) is 112 Å². The minimum Gasteiger partial charge on any atom is -0.386 e. The van der Waals surface area contributed by atoms with Gasteiger partial charge in [0, 0.05) is 18.9 Å². The number of methoxy groups -OCH3 is 1. The monoisotopic (exact) mass is 460 g/mol. The highest BCUT2D eigenvalue weighted by atomic mass is 16.7. The molecular weight excluding hydrogens is 428 g/mol. The summed E-state index contributed by atoms with van der Waals surface area (Å²) in [4.78, 5) is 26.8. The third kappa shape index (κ3) is 4.43. The van der Waals surface area contributed by atoms with Crippen molar-refractivity contribution in [2.24, 2.45) is 5.92 Å². The van der Waals surface area contributed by atoms with Crippen LogP contribution in [0.2, 0.25) is 0 Å². The Balaban J connectivity index is 1.75. The predicted molar refractivity (Wildman–Crippen MR) is 120 cm³/mol. The molecule has 0 bridgehead atoms. The van der Waals surface area contributed by atoms with Gasteiger partial charge in [0.05, 0.1) is 12.7 Å². The summed E-state index contributed by atoms with van der Waals surface area (Å²) >= 11 is 0. The van der Waals surface area contributed by atoms with Crippen LogP contribution in [0.5, 0.6) is 0 Å². The molecule has 0 radical (unpaired) electrons. The Hall–Kier alpha value is -2.30. The summed E-state index contributed by atoms with van der Waals surface area (Å²) in [6.07, 6.45) is 0.550. The first-order valence-electron chi connectivity index (χ1n) is 11.3. The van der Waals surface area contributed by atoms with Gasteiger partial charge in [-0.05, 0) is 31.2 Å². The maximum Gasteiger partial charge on any atom is 0.330 e. The fourth-order valence-corrected chi connectivity index (χ4v) is 5.15. The molecule has 1 aromatic carbocycles. The van der Waals surface area contributed by atoms with E-state index in [4.69, 9.17) is 18.9 Å². The van der Waals surface area contributed by atoms with Crippen molar-refractivity contribution in [3.8, 4) is 0 Å². The van der Waals surface area contributed by atoms with Crippen molar-refractivity contribution < 1.29 is 24.1 Å². The molecule has 1 aromatic heterocycles. The van der Waals surface area contributed by atoms with Crippen LogP contribution < -0.4 is 11.2 Å². The second-order valence-corrected chi connectivity index (χ2v) is 8.94. The van der Waals surface area contributed by atoms with Gasteiger partial charge < -0.3 is 24.1 Å². The van der Waals surface area contributed by atoms with Crippen LogP contribution in [0.15, 0.2) is 46.1 Å². The Morgan fingerprint density at radius 2 is 1.97 bits per heavy atom. The number of aromatic nitrogens is 2. The molecule has 180 valence electrons. The van der Waals surface area contributed by atoms with Crippen LogP contribution in [0.3, 0.4) is 0 Å². The van der Waals surface area contributed by atoms with Crippen molar-refractivity contribution in [2.75, 3.05) is 13.9 Å². The number of H-pyrrole nitrogens is 1. The summed E-state index contributed by atoms with van der Waals surface area (Å²) in [5.41, 5.74) is -0.816. The maximum absolute atomic E-state index is 12.6. The predicted octanol–water partition coefficient (Wildman–Crippen LogP) is 1.87. The highest BCUT2D eigenvalue weighted by molar-refractivity contribution is 5.15. The number of nitrogens with zero attached hydrogens (tertiary/aromatic N) is 1. The largest absolute Gasteiger partial charge is 0.386 e. The summed E-state index contributed by atoms with van der Waals surface area (Å²) in [6, 6.07) is 9.68. The molecule has 2 aromatic rings. The van der Waals surface area contributed by atoms with Gasteiger partial charge in [0.15, 0.2) is 6.23 Å². The van der Waals surface area contributed by atoms with Gasteiger partial charge in [0.1, 0.15) is 24.6 Å². The van der Waals surface area contributed by atoms with Gasteiger partial charge in [-0.15, -0.1) is 0 Å². The molecule has 1 saturated carbocycles. The summed E-state index contributed by atoms with van der Waals surface area (Å²) in [5, 5.41) is 11.5. The molecule has 4 rings (SSSR count). The maximum atomic E-state index is 12.6. The molecule has 9 heteroatoms. The van der Waals surface area contributed by atoms with E-state index in [1.165, 1.54) is 10.8 Å². The number of hydrogen-bond acceptors (Lipinski definition) is 7. The van der Waals surface area contributed by atoms with E-state index in [-0.39, 0.29) is 19.3 Å². The smallest absolute Gasteiger partial charge is 0.330 e. The zero-order valence-corrected chi connectivity index (χ0v) is 19.2. The Labute approximate surface area is 192 Å². The third-order valence-corrected chi connectivity index (χ3v) is 6.83. The number of nitrogens with one attached hydrogen (secondary N) is 1. The molecule has 6 atom stereocenters. The lowest BCUT2D eigenvalue weighted by Crippen LogP contribution is -2.60. The first kappa shape index (κ1) is 23.8. The fraction of sp³-hybridized carbons (Fsp3) is 0.583. The van der Waals surface area contributed by atoms with Crippen LogP contribution in [0.1, 0.15) is 43.5 Å². The SMILES string of the molecule is COCO[C@H]1CCCC(C)C12O[C@@H](n1cc(C)c(=O)[nH]c1=O)[C@@H](O)[C@H]2OCc1ccccc1. The van der Waals surface area contributed by atoms with Crippen molar-refractivity contribution in [2.45, 2.75) is 69.9 Å². The van der Waals surface area contributed by atoms with E-state index in [0.29, 0.717) is 12.0 Å². The minimum atomic E-state index is -1.16. The first-order valence-corrected chi connectivity index (χ1v) is 11.3. The first-order chi connectivity index (χ1) is 15.9. The van der Waals surface area contributed by atoms with Crippen molar-refractivity contribution >= 4 is 0 Å². The molecule has 0 amide bonds. The van der Waals surface area contributed by atoms with Gasteiger partial charge in [-0.2, -0.15) is 0 Å². The Morgan fingerprint density at radius 3 is 2.70 bits per heavy atom. The molecule has 1 aliphatic carbocycles. The summed E-state index contributed by atoms with van der Waals surface area (Å²) in [7, 11) is 1.55. The molecule has 2 unspecified atom stereocenters. The Morgan fingerprint density at radius 1 is 1.21 bits per heavy atom. The average Bonchev–Trinajstić information content (AvgIpc) is 3.09. The summed E-state index contributed by atoms with van der Waals surface area (Å²) < 4.78 is 25.4. The van der Waals surface area contributed by atoms with E-state index in [0.717, 1.165) is 18.4 Å². The lowest BCUT2D eigenvalue weighted by atomic mass is 9.70. The van der Waals surface area contributed by atoms with Crippen molar-refractivity contribution in [1.29, 1.82) is 0 Å². The van der Waals surface area contributed by atoms with Gasteiger partial charge >= 0.3 is 5.69 Å². The van der Waals surface area contributed by atoms with Gasteiger partial charge in [-0.3, -0.25) is 14.3 Å². The second-order valence-electron chi connectivity index (χ2n) is 8.94. The molecular formula is C24H32N2O7. The van der Waals surface area contributed by atoms with Gasteiger partial charge in [0.25, 0.3) is 5.56 Å². The molecule has 1 spiro atoms. The van der Waals surface area contributed by atoms with Gasteiger partial charge in [-0.25, -0.2) is 4.79 Å². The number of rotatable bonds is 7. The number of aliphatic hydroxyl groups is 1. The Bertz CT molecular complexity index is 1050. The standard InChI is InChI=1S/C24H32N2O7/c1-15-12-26(23(29)25-21(15)28)22-19(27)20(31-13-17-9-5-4-6-10-17)24(33-22)16(2)8-7-11-18(24)32-14-30-3/h4-6,9-10,12,16,18-20,22,27H,7-8,11,13-14H2,1-3H3,(H,25,28,29)/t16?,18-,19-,20+,22+,24?/m0/s1. The number of ether oxygens (including phenoxy) is 4. The van der Waals surface area contributed by atoms with Crippen LogP contribution in [0, 0.1) is 12.8 Å². The average molecular weight is 461 g/mol. The lowest BCUT2D eigenvalue weighted by Gasteiger charge is -2.47. The third-order valence-electron chi connectivity index (χ3n) is 6.83. The molecule has 33 heavy (non-hydrogen) atoms. The summed E-state index contributed by atoms with van der Waals surface area (Å²) in [6.45, 7) is 4.00. The van der Waals surface area contributed by atoms with Gasteiger partial charge in [-0.1, -0.05) is 43.7 Å². The number of benzene rings is 1. The lowest BCUT2D eigenvalue weighted by molar-refractivity contribution is -0.243. The number of aryl methyl sites for hydroxylation is 1. The van der Waals surface area contributed by atoms with Crippen LogP contribution >= 0.6 is 0 Å². The fourth-order valence-electron chi connectivity index (χ4n) is 5.15. The minimum absolute atomic E-state index is 0.0203. The van der Waals surface area contributed by atoms with E-state index < -0.39 is 41.4 Å². The van der Waals surface area contributed by atoms with Crippen LogP contribution in [-0.2, 0) is 25.6 Å². The molecule has 2 N–H and O–H groups in total.